The molecule has 0 spiro atoms. The Labute approximate surface area is 120 Å². The first-order valence-electron chi connectivity index (χ1n) is 5.67. The van der Waals surface area contributed by atoms with E-state index in [0.717, 1.165) is 5.56 Å². The topological polar surface area (TPSA) is 35.2 Å². The van der Waals surface area contributed by atoms with E-state index >= 15 is 0 Å². The Morgan fingerprint density at radius 3 is 2.37 bits per heavy atom. The molecule has 2 aromatic rings. The van der Waals surface area contributed by atoms with E-state index in [1.807, 2.05) is 0 Å². The molecule has 2 nitrogen and oxygen atoms in total. The third kappa shape index (κ3) is 3.60. The van der Waals surface area contributed by atoms with Gasteiger partial charge in [-0.15, -0.1) is 0 Å². The summed E-state index contributed by atoms with van der Waals surface area (Å²) >= 11 is 11.8. The summed E-state index contributed by atoms with van der Waals surface area (Å²) in [5.74, 6) is 0.190. The molecule has 0 fully saturated rings. The molecule has 0 aromatic heterocycles. The van der Waals surface area contributed by atoms with Crippen molar-refractivity contribution in [2.45, 2.75) is 6.10 Å². The number of hydrogen-bond donors (Lipinski definition) is 1. The summed E-state index contributed by atoms with van der Waals surface area (Å²) in [6.07, 6.45) is -0.390. The fraction of sp³-hybridized carbons (Fsp3) is 0.143. The number of halogens is 3. The second kappa shape index (κ2) is 6.24. The molecule has 0 aliphatic carbocycles. The first-order chi connectivity index (χ1) is 9.10. The Morgan fingerprint density at radius 1 is 1.11 bits per heavy atom. The summed E-state index contributed by atoms with van der Waals surface area (Å²) in [5, 5.41) is 0.941. The number of benzene rings is 2. The zero-order valence-corrected chi connectivity index (χ0v) is 11.5. The van der Waals surface area contributed by atoms with E-state index in [0.29, 0.717) is 15.8 Å². The summed E-state index contributed by atoms with van der Waals surface area (Å²) in [7, 11) is 0. The summed E-state index contributed by atoms with van der Waals surface area (Å²) in [6.45, 7) is 0.255. The van der Waals surface area contributed by atoms with Gasteiger partial charge in [0.25, 0.3) is 0 Å². The van der Waals surface area contributed by atoms with Crippen molar-refractivity contribution in [3.8, 4) is 5.75 Å². The van der Waals surface area contributed by atoms with Crippen LogP contribution in [0.25, 0.3) is 0 Å². The minimum absolute atomic E-state index is 0.255. The van der Waals surface area contributed by atoms with Crippen LogP contribution in [0.5, 0.6) is 5.75 Å². The lowest BCUT2D eigenvalue weighted by Gasteiger charge is -2.18. The highest BCUT2D eigenvalue weighted by Crippen LogP contribution is 2.31. The molecule has 1 unspecified atom stereocenters. The van der Waals surface area contributed by atoms with Crippen molar-refractivity contribution in [1.82, 2.24) is 0 Å². The molecule has 0 bridgehead atoms. The maximum atomic E-state index is 12.9. The van der Waals surface area contributed by atoms with Crippen molar-refractivity contribution in [3.05, 3.63) is 63.9 Å². The summed E-state index contributed by atoms with van der Waals surface area (Å²) in [5.41, 5.74) is 6.47. The fourth-order valence-electron chi connectivity index (χ4n) is 1.65. The van der Waals surface area contributed by atoms with Crippen LogP contribution < -0.4 is 10.5 Å². The molecule has 0 aliphatic heterocycles. The Balaban J connectivity index is 2.21. The Hall–Kier alpha value is -1.29. The minimum atomic E-state index is -0.390. The van der Waals surface area contributed by atoms with Gasteiger partial charge in [0.15, 0.2) is 0 Å². The third-order valence-corrected chi connectivity index (χ3v) is 3.15. The quantitative estimate of drug-likeness (QED) is 0.918. The van der Waals surface area contributed by atoms with Gasteiger partial charge < -0.3 is 10.5 Å². The van der Waals surface area contributed by atoms with E-state index in [4.69, 9.17) is 33.7 Å². The van der Waals surface area contributed by atoms with Crippen LogP contribution in [0.15, 0.2) is 42.5 Å². The van der Waals surface area contributed by atoms with Gasteiger partial charge in [-0.2, -0.15) is 0 Å². The first-order valence-corrected chi connectivity index (χ1v) is 6.43. The van der Waals surface area contributed by atoms with E-state index in [1.54, 1.807) is 30.3 Å². The zero-order valence-electron chi connectivity index (χ0n) is 9.95. The normalized spacial score (nSPS) is 12.2. The number of nitrogens with two attached hydrogens (primary N) is 1. The molecule has 5 heteroatoms. The van der Waals surface area contributed by atoms with E-state index in [1.165, 1.54) is 12.1 Å². The molecule has 2 N–H and O–H groups in total. The highest BCUT2D eigenvalue weighted by molar-refractivity contribution is 6.35. The van der Waals surface area contributed by atoms with Crippen LogP contribution in [-0.2, 0) is 0 Å². The molecule has 2 rings (SSSR count). The zero-order chi connectivity index (χ0) is 13.8. The molecule has 0 aliphatic rings. The van der Waals surface area contributed by atoms with Crippen LogP contribution in [-0.4, -0.2) is 6.54 Å². The van der Waals surface area contributed by atoms with Crippen molar-refractivity contribution in [3.63, 3.8) is 0 Å². The van der Waals surface area contributed by atoms with Gasteiger partial charge in [-0.1, -0.05) is 35.3 Å². The number of hydrogen-bond acceptors (Lipinski definition) is 2. The molecule has 100 valence electrons. The first kappa shape index (κ1) is 14.1. The van der Waals surface area contributed by atoms with Gasteiger partial charge in [-0.3, -0.25) is 0 Å². The van der Waals surface area contributed by atoms with Gasteiger partial charge in [0.1, 0.15) is 17.7 Å². The van der Waals surface area contributed by atoms with Crippen molar-refractivity contribution >= 4 is 23.2 Å². The van der Waals surface area contributed by atoms with Gasteiger partial charge in [0.2, 0.25) is 0 Å². The average Bonchev–Trinajstić information content (AvgIpc) is 2.39. The highest BCUT2D eigenvalue weighted by Gasteiger charge is 2.13. The van der Waals surface area contributed by atoms with Gasteiger partial charge in [0, 0.05) is 11.6 Å². The largest absolute Gasteiger partial charge is 0.483 e. The molecule has 19 heavy (non-hydrogen) atoms. The number of rotatable bonds is 4. The minimum Gasteiger partial charge on any atom is -0.483 e. The lowest BCUT2D eigenvalue weighted by Crippen LogP contribution is -2.18. The van der Waals surface area contributed by atoms with Gasteiger partial charge in [0.05, 0.1) is 5.02 Å². The van der Waals surface area contributed by atoms with Gasteiger partial charge >= 0.3 is 0 Å². The summed E-state index contributed by atoms with van der Waals surface area (Å²) in [6, 6.07) is 11.0. The van der Waals surface area contributed by atoms with Crippen LogP contribution in [0.1, 0.15) is 11.7 Å². The summed E-state index contributed by atoms with van der Waals surface area (Å²) in [4.78, 5) is 0. The van der Waals surface area contributed by atoms with Gasteiger partial charge in [-0.05, 0) is 35.9 Å². The average molecular weight is 300 g/mol. The predicted molar refractivity (Wildman–Crippen MR) is 75.3 cm³/mol. The molecule has 2 aromatic carbocycles. The molecule has 0 heterocycles. The van der Waals surface area contributed by atoms with Crippen LogP contribution in [0.4, 0.5) is 4.39 Å². The summed E-state index contributed by atoms with van der Waals surface area (Å²) < 4.78 is 18.6. The van der Waals surface area contributed by atoms with E-state index < -0.39 is 0 Å². The third-order valence-electron chi connectivity index (χ3n) is 2.62. The fourth-order valence-corrected chi connectivity index (χ4v) is 2.11. The Bertz CT molecular complexity index is 560. The molecule has 0 radical (unpaired) electrons. The van der Waals surface area contributed by atoms with Crippen LogP contribution in [0, 0.1) is 5.82 Å². The molecule has 0 amide bonds. The lowest BCUT2D eigenvalue weighted by atomic mass is 10.1. The lowest BCUT2D eigenvalue weighted by molar-refractivity contribution is 0.214. The molecule has 0 saturated heterocycles. The maximum absolute atomic E-state index is 12.9. The van der Waals surface area contributed by atoms with Crippen molar-refractivity contribution in [1.29, 1.82) is 0 Å². The van der Waals surface area contributed by atoms with Crippen molar-refractivity contribution in [2.75, 3.05) is 6.54 Å². The van der Waals surface area contributed by atoms with Gasteiger partial charge in [-0.25, -0.2) is 4.39 Å². The second-order valence-corrected chi connectivity index (χ2v) is 4.81. The molecular weight excluding hydrogens is 288 g/mol. The van der Waals surface area contributed by atoms with E-state index in [2.05, 4.69) is 0 Å². The standard InChI is InChI=1S/C14H12Cl2FNO/c15-10-3-6-13(12(16)7-10)19-14(8-18)9-1-4-11(17)5-2-9/h1-7,14H,8,18H2. The second-order valence-electron chi connectivity index (χ2n) is 3.97. The Kier molecular flexibility index (Phi) is 4.64. The SMILES string of the molecule is NCC(Oc1ccc(Cl)cc1Cl)c1ccc(F)cc1. The number of ether oxygens (including phenoxy) is 1. The predicted octanol–water partition coefficient (Wildman–Crippen LogP) is 4.21. The van der Waals surface area contributed by atoms with E-state index in [9.17, 15) is 4.39 Å². The van der Waals surface area contributed by atoms with Crippen molar-refractivity contribution in [2.24, 2.45) is 5.73 Å². The van der Waals surface area contributed by atoms with Crippen LogP contribution in [0.2, 0.25) is 10.0 Å². The highest BCUT2D eigenvalue weighted by atomic mass is 35.5. The van der Waals surface area contributed by atoms with E-state index in [-0.39, 0.29) is 18.5 Å². The molecule has 0 saturated carbocycles. The van der Waals surface area contributed by atoms with Crippen LogP contribution in [0.3, 0.4) is 0 Å². The monoisotopic (exact) mass is 299 g/mol. The smallest absolute Gasteiger partial charge is 0.139 e. The molecular formula is C14H12Cl2FNO. The maximum Gasteiger partial charge on any atom is 0.139 e. The van der Waals surface area contributed by atoms with Crippen LogP contribution >= 0.6 is 23.2 Å². The molecule has 1 atom stereocenters. The van der Waals surface area contributed by atoms with Crippen molar-refractivity contribution < 1.29 is 9.13 Å². The Morgan fingerprint density at radius 2 is 1.79 bits per heavy atom.